The van der Waals surface area contributed by atoms with Crippen LogP contribution in [0, 0.1) is 5.82 Å². The molecule has 2 N–H and O–H groups in total. The highest BCUT2D eigenvalue weighted by molar-refractivity contribution is 5.86. The molecule has 1 aromatic carbocycles. The van der Waals surface area contributed by atoms with Gasteiger partial charge in [0.15, 0.2) is 0 Å². The second-order valence-electron chi connectivity index (χ2n) is 5.13. The first-order chi connectivity index (χ1) is 8.72. The number of benzene rings is 1. The Morgan fingerprint density at radius 2 is 2.17 bits per heavy atom. The lowest BCUT2D eigenvalue weighted by atomic mass is 9.90. The van der Waals surface area contributed by atoms with Gasteiger partial charge in [-0.2, -0.15) is 0 Å². The van der Waals surface area contributed by atoms with Gasteiger partial charge < -0.3 is 10.4 Å². The van der Waals surface area contributed by atoms with Gasteiger partial charge in [-0.05, 0) is 30.9 Å². The predicted octanol–water partition coefficient (Wildman–Crippen LogP) is 1.65. The Morgan fingerprint density at radius 3 is 3.00 bits per heavy atom. The quantitative estimate of drug-likeness (QED) is 0.836. The third-order valence-corrected chi connectivity index (χ3v) is 3.78. The van der Waals surface area contributed by atoms with Gasteiger partial charge in [0, 0.05) is 6.42 Å². The fraction of sp³-hybridized carbons (Fsp3) is 0.500. The summed E-state index contributed by atoms with van der Waals surface area (Å²) >= 11 is 0. The minimum atomic E-state index is -0.221. The number of nitrogens with zero attached hydrogens (tertiary/aromatic N) is 1. The van der Waals surface area contributed by atoms with Gasteiger partial charge in [-0.1, -0.05) is 18.2 Å². The van der Waals surface area contributed by atoms with Crippen molar-refractivity contribution in [3.05, 3.63) is 35.6 Å². The predicted molar refractivity (Wildman–Crippen MR) is 68.1 cm³/mol. The molecule has 1 saturated carbocycles. The van der Waals surface area contributed by atoms with E-state index in [1.165, 1.54) is 6.07 Å². The van der Waals surface area contributed by atoms with E-state index in [9.17, 15) is 9.50 Å². The molecule has 0 radical (unpaired) electrons. The number of rotatable bonds is 2. The highest BCUT2D eigenvalue weighted by Gasteiger charge is 2.34. The van der Waals surface area contributed by atoms with Crippen molar-refractivity contribution in [2.75, 3.05) is 0 Å². The Labute approximate surface area is 106 Å². The number of hydrogen-bond donors (Lipinski definition) is 2. The molecule has 1 aliphatic carbocycles. The molecule has 1 fully saturated rings. The van der Waals surface area contributed by atoms with Crippen molar-refractivity contribution in [3.8, 4) is 0 Å². The summed E-state index contributed by atoms with van der Waals surface area (Å²) in [5.41, 5.74) is 0.669. The molecule has 2 aliphatic rings. The van der Waals surface area contributed by atoms with Gasteiger partial charge in [-0.3, -0.25) is 4.99 Å². The molecule has 0 bridgehead atoms. The molecule has 3 nitrogen and oxygen atoms in total. The van der Waals surface area contributed by atoms with Crippen molar-refractivity contribution < 1.29 is 9.50 Å². The van der Waals surface area contributed by atoms with Gasteiger partial charge in [0.1, 0.15) is 11.7 Å². The molecule has 0 spiro atoms. The molecule has 3 rings (SSSR count). The Hall–Kier alpha value is -1.42. The van der Waals surface area contributed by atoms with E-state index in [1.54, 1.807) is 12.1 Å². The smallest absolute Gasteiger partial charge is 0.126 e. The van der Waals surface area contributed by atoms with E-state index in [0.717, 1.165) is 25.1 Å². The molecule has 0 aromatic heterocycles. The van der Waals surface area contributed by atoms with Crippen molar-refractivity contribution in [2.45, 2.75) is 43.9 Å². The monoisotopic (exact) mass is 248 g/mol. The van der Waals surface area contributed by atoms with E-state index in [4.69, 9.17) is 0 Å². The van der Waals surface area contributed by atoms with Crippen LogP contribution in [0.5, 0.6) is 0 Å². The molecular weight excluding hydrogens is 231 g/mol. The minimum Gasteiger partial charge on any atom is -0.393 e. The fourth-order valence-electron chi connectivity index (χ4n) is 2.81. The lowest BCUT2D eigenvalue weighted by Gasteiger charge is -2.27. The molecule has 0 saturated heterocycles. The molecule has 3 unspecified atom stereocenters. The zero-order valence-electron chi connectivity index (χ0n) is 10.1. The average molecular weight is 248 g/mol. The standard InChI is InChI=1S/C14H17FN2O/c15-11-4-2-1-3-9(11)7-14-16-12-6-5-10(18)8-13(12)17-14/h1-4,10,12-13,18H,5-8H2,(H,16,17). The zero-order chi connectivity index (χ0) is 12.5. The van der Waals surface area contributed by atoms with Gasteiger partial charge in [-0.25, -0.2) is 4.39 Å². The minimum absolute atomic E-state index is 0.183. The van der Waals surface area contributed by atoms with Crippen LogP contribution in [-0.4, -0.2) is 29.1 Å². The van der Waals surface area contributed by atoms with Crippen molar-refractivity contribution in [1.82, 2.24) is 5.32 Å². The van der Waals surface area contributed by atoms with Crippen LogP contribution in [0.3, 0.4) is 0 Å². The Bertz CT molecular complexity index is 475. The average Bonchev–Trinajstić information content (AvgIpc) is 2.73. The molecule has 4 heteroatoms. The molecule has 1 aliphatic heterocycles. The van der Waals surface area contributed by atoms with Crippen LogP contribution in [0.2, 0.25) is 0 Å². The number of aliphatic hydroxyl groups excluding tert-OH is 1. The third kappa shape index (κ3) is 2.25. The topological polar surface area (TPSA) is 44.6 Å². The third-order valence-electron chi connectivity index (χ3n) is 3.78. The summed E-state index contributed by atoms with van der Waals surface area (Å²) < 4.78 is 13.6. The first-order valence-corrected chi connectivity index (χ1v) is 6.47. The number of aliphatic imine (C=N–C) groups is 1. The van der Waals surface area contributed by atoms with Crippen molar-refractivity contribution in [1.29, 1.82) is 0 Å². The largest absolute Gasteiger partial charge is 0.393 e. The van der Waals surface area contributed by atoms with Crippen LogP contribution in [-0.2, 0) is 6.42 Å². The number of halogens is 1. The zero-order valence-corrected chi connectivity index (χ0v) is 10.1. The van der Waals surface area contributed by atoms with Gasteiger partial charge in [0.25, 0.3) is 0 Å². The van der Waals surface area contributed by atoms with E-state index in [2.05, 4.69) is 10.3 Å². The SMILES string of the molecule is OC1CCC2N=C(Cc3ccccc3F)NC2C1. The molecule has 3 atom stereocenters. The van der Waals surface area contributed by atoms with Crippen molar-refractivity contribution >= 4 is 5.84 Å². The van der Waals surface area contributed by atoms with E-state index in [0.29, 0.717) is 12.0 Å². The Morgan fingerprint density at radius 1 is 1.33 bits per heavy atom. The maximum Gasteiger partial charge on any atom is 0.126 e. The molecule has 1 heterocycles. The lowest BCUT2D eigenvalue weighted by molar-refractivity contribution is 0.112. The van der Waals surface area contributed by atoms with Gasteiger partial charge in [0.05, 0.1) is 18.2 Å². The summed E-state index contributed by atoms with van der Waals surface area (Å²) in [5, 5.41) is 12.9. The van der Waals surface area contributed by atoms with Crippen LogP contribution in [0.4, 0.5) is 4.39 Å². The van der Waals surface area contributed by atoms with Crippen LogP contribution in [0.15, 0.2) is 29.3 Å². The fourth-order valence-corrected chi connectivity index (χ4v) is 2.81. The molecule has 1 aromatic rings. The van der Waals surface area contributed by atoms with Gasteiger partial charge in [0.2, 0.25) is 0 Å². The number of hydrogen-bond acceptors (Lipinski definition) is 3. The van der Waals surface area contributed by atoms with E-state index in [1.807, 2.05) is 6.07 Å². The van der Waals surface area contributed by atoms with Crippen LogP contribution in [0.1, 0.15) is 24.8 Å². The molecule has 18 heavy (non-hydrogen) atoms. The summed E-state index contributed by atoms with van der Waals surface area (Å²) in [6.45, 7) is 0. The van der Waals surface area contributed by atoms with Gasteiger partial charge >= 0.3 is 0 Å². The van der Waals surface area contributed by atoms with E-state index < -0.39 is 0 Å². The summed E-state index contributed by atoms with van der Waals surface area (Å²) in [7, 11) is 0. The van der Waals surface area contributed by atoms with Crippen molar-refractivity contribution in [2.24, 2.45) is 4.99 Å². The summed E-state index contributed by atoms with van der Waals surface area (Å²) in [6.07, 6.45) is 2.77. The number of aliphatic hydroxyl groups is 1. The normalized spacial score (nSPS) is 30.6. The number of amidine groups is 1. The van der Waals surface area contributed by atoms with Crippen LogP contribution >= 0.6 is 0 Å². The summed E-state index contributed by atoms with van der Waals surface area (Å²) in [5.74, 6) is 0.668. The second kappa shape index (κ2) is 4.69. The summed E-state index contributed by atoms with van der Waals surface area (Å²) in [4.78, 5) is 4.61. The molecule has 0 amide bonds. The van der Waals surface area contributed by atoms with E-state index in [-0.39, 0.29) is 24.0 Å². The van der Waals surface area contributed by atoms with Crippen LogP contribution in [0.25, 0.3) is 0 Å². The summed E-state index contributed by atoms with van der Waals surface area (Å²) in [6, 6.07) is 7.28. The maximum atomic E-state index is 13.6. The highest BCUT2D eigenvalue weighted by Crippen LogP contribution is 2.26. The molecule has 96 valence electrons. The highest BCUT2D eigenvalue weighted by atomic mass is 19.1. The number of fused-ring (bicyclic) bond motifs is 1. The second-order valence-corrected chi connectivity index (χ2v) is 5.13. The first-order valence-electron chi connectivity index (χ1n) is 6.47. The Balaban J connectivity index is 1.70. The van der Waals surface area contributed by atoms with Crippen molar-refractivity contribution in [3.63, 3.8) is 0 Å². The van der Waals surface area contributed by atoms with Gasteiger partial charge in [-0.15, -0.1) is 0 Å². The van der Waals surface area contributed by atoms with E-state index >= 15 is 0 Å². The molecular formula is C14H17FN2O. The Kier molecular flexibility index (Phi) is 3.04. The number of nitrogens with one attached hydrogen (secondary N) is 1. The maximum absolute atomic E-state index is 13.6. The van der Waals surface area contributed by atoms with Crippen LogP contribution < -0.4 is 5.32 Å². The lowest BCUT2D eigenvalue weighted by Crippen LogP contribution is -2.41. The first kappa shape index (κ1) is 11.7.